The maximum absolute atomic E-state index is 11.6. The Hall–Kier alpha value is -3.02. The summed E-state index contributed by atoms with van der Waals surface area (Å²) in [5.74, 6) is -1.45. The van der Waals surface area contributed by atoms with Crippen molar-refractivity contribution < 1.29 is 23.9 Å². The van der Waals surface area contributed by atoms with Crippen molar-refractivity contribution in [3.63, 3.8) is 0 Å². The molecule has 0 saturated heterocycles. The SMILES string of the molecule is COC(=O)/C=C/C(=O)Cc1ccc(NC(=O)/C=C\C(C)=O)cc1. The second-order valence-electron chi connectivity index (χ2n) is 4.63. The fraction of sp³-hybridized carbons (Fsp3) is 0.176. The summed E-state index contributed by atoms with van der Waals surface area (Å²) in [6.07, 6.45) is 4.69. The Morgan fingerprint density at radius 2 is 1.65 bits per heavy atom. The minimum absolute atomic E-state index is 0.131. The van der Waals surface area contributed by atoms with Gasteiger partial charge in [-0.3, -0.25) is 14.4 Å². The van der Waals surface area contributed by atoms with Crippen LogP contribution in [0.2, 0.25) is 0 Å². The highest BCUT2D eigenvalue weighted by Crippen LogP contribution is 2.10. The van der Waals surface area contributed by atoms with Crippen LogP contribution < -0.4 is 5.32 Å². The van der Waals surface area contributed by atoms with Crippen molar-refractivity contribution in [2.45, 2.75) is 13.3 Å². The number of anilines is 1. The molecule has 0 saturated carbocycles. The van der Waals surface area contributed by atoms with Gasteiger partial charge in [-0.25, -0.2) is 4.79 Å². The summed E-state index contributed by atoms with van der Waals surface area (Å²) >= 11 is 0. The Morgan fingerprint density at radius 1 is 1.00 bits per heavy atom. The normalized spacial score (nSPS) is 10.7. The summed E-state index contributed by atoms with van der Waals surface area (Å²) in [5, 5.41) is 2.59. The predicted molar refractivity (Wildman–Crippen MR) is 84.8 cm³/mol. The second-order valence-corrected chi connectivity index (χ2v) is 4.63. The molecule has 0 heterocycles. The van der Waals surface area contributed by atoms with Crippen LogP contribution in [0, 0.1) is 0 Å². The smallest absolute Gasteiger partial charge is 0.330 e. The Morgan fingerprint density at radius 3 is 2.22 bits per heavy atom. The number of benzene rings is 1. The third-order valence-electron chi connectivity index (χ3n) is 2.68. The van der Waals surface area contributed by atoms with Gasteiger partial charge in [0.2, 0.25) is 5.91 Å². The van der Waals surface area contributed by atoms with E-state index in [1.165, 1.54) is 20.1 Å². The van der Waals surface area contributed by atoms with E-state index in [4.69, 9.17) is 0 Å². The van der Waals surface area contributed by atoms with Gasteiger partial charge < -0.3 is 10.1 Å². The number of nitrogens with one attached hydrogen (secondary N) is 1. The molecule has 0 spiro atoms. The van der Waals surface area contributed by atoms with E-state index in [1.807, 2.05) is 0 Å². The first-order valence-corrected chi connectivity index (χ1v) is 6.78. The van der Waals surface area contributed by atoms with Crippen LogP contribution in [-0.2, 0) is 30.3 Å². The molecule has 1 amide bonds. The zero-order valence-corrected chi connectivity index (χ0v) is 12.9. The van der Waals surface area contributed by atoms with Gasteiger partial charge in [0.25, 0.3) is 0 Å². The van der Waals surface area contributed by atoms with Crippen molar-refractivity contribution in [2.24, 2.45) is 0 Å². The minimum atomic E-state index is -0.588. The molecule has 0 aromatic heterocycles. The molecular weight excluding hydrogens is 298 g/mol. The summed E-state index contributed by atoms with van der Waals surface area (Å²) in [6.45, 7) is 1.35. The summed E-state index contributed by atoms with van der Waals surface area (Å²) in [6, 6.07) is 6.67. The fourth-order valence-electron chi connectivity index (χ4n) is 1.57. The summed E-state index contributed by atoms with van der Waals surface area (Å²) in [4.78, 5) is 44.8. The Bertz CT molecular complexity index is 656. The van der Waals surface area contributed by atoms with Gasteiger partial charge in [0, 0.05) is 24.3 Å². The lowest BCUT2D eigenvalue weighted by Crippen LogP contribution is -2.08. The molecule has 1 N–H and O–H groups in total. The maximum atomic E-state index is 11.6. The molecule has 0 aliphatic heterocycles. The van der Waals surface area contributed by atoms with E-state index in [1.54, 1.807) is 24.3 Å². The lowest BCUT2D eigenvalue weighted by Gasteiger charge is -2.03. The number of allylic oxidation sites excluding steroid dienone is 2. The van der Waals surface area contributed by atoms with Gasteiger partial charge >= 0.3 is 5.97 Å². The van der Waals surface area contributed by atoms with E-state index in [2.05, 4.69) is 10.1 Å². The Labute approximate surface area is 133 Å². The second kappa shape index (κ2) is 9.09. The van der Waals surface area contributed by atoms with Crippen LogP contribution in [0.5, 0.6) is 0 Å². The molecular formula is C17H17NO5. The van der Waals surface area contributed by atoms with Gasteiger partial charge in [0.15, 0.2) is 11.6 Å². The average molecular weight is 315 g/mol. The minimum Gasteiger partial charge on any atom is -0.466 e. The number of ether oxygens (including phenoxy) is 1. The van der Waals surface area contributed by atoms with Gasteiger partial charge in [-0.1, -0.05) is 12.1 Å². The molecule has 6 heteroatoms. The van der Waals surface area contributed by atoms with Crippen LogP contribution >= 0.6 is 0 Å². The van der Waals surface area contributed by atoms with Gasteiger partial charge in [-0.15, -0.1) is 0 Å². The topological polar surface area (TPSA) is 89.5 Å². The first-order chi connectivity index (χ1) is 10.9. The van der Waals surface area contributed by atoms with Gasteiger partial charge in [-0.2, -0.15) is 0 Å². The van der Waals surface area contributed by atoms with Crippen molar-refractivity contribution >= 4 is 29.1 Å². The van der Waals surface area contributed by atoms with E-state index >= 15 is 0 Å². The zero-order chi connectivity index (χ0) is 17.2. The highest BCUT2D eigenvalue weighted by Gasteiger charge is 2.03. The molecule has 0 aliphatic carbocycles. The summed E-state index contributed by atoms with van der Waals surface area (Å²) < 4.78 is 4.39. The maximum Gasteiger partial charge on any atom is 0.330 e. The highest BCUT2D eigenvalue weighted by molar-refractivity contribution is 6.03. The van der Waals surface area contributed by atoms with E-state index in [0.717, 1.165) is 23.8 Å². The van der Waals surface area contributed by atoms with E-state index in [-0.39, 0.29) is 18.0 Å². The molecule has 0 radical (unpaired) electrons. The number of esters is 1. The van der Waals surface area contributed by atoms with Crippen LogP contribution in [-0.4, -0.2) is 30.6 Å². The fourth-order valence-corrected chi connectivity index (χ4v) is 1.57. The molecule has 23 heavy (non-hydrogen) atoms. The van der Waals surface area contributed by atoms with Crippen molar-refractivity contribution in [3.8, 4) is 0 Å². The monoisotopic (exact) mass is 315 g/mol. The molecule has 0 bridgehead atoms. The quantitative estimate of drug-likeness (QED) is 0.610. The van der Waals surface area contributed by atoms with E-state index in [9.17, 15) is 19.2 Å². The predicted octanol–water partition coefficient (Wildman–Crippen LogP) is 1.61. The number of hydrogen-bond donors (Lipinski definition) is 1. The Kier molecular flexibility index (Phi) is 7.13. The van der Waals surface area contributed by atoms with E-state index < -0.39 is 11.9 Å². The van der Waals surface area contributed by atoms with Gasteiger partial charge in [0.05, 0.1) is 7.11 Å². The van der Waals surface area contributed by atoms with Crippen molar-refractivity contribution in [1.29, 1.82) is 0 Å². The third kappa shape index (κ3) is 7.52. The molecule has 0 fully saturated rings. The van der Waals surface area contributed by atoms with Crippen LogP contribution in [0.25, 0.3) is 0 Å². The molecule has 1 aromatic carbocycles. The number of rotatable bonds is 7. The first-order valence-electron chi connectivity index (χ1n) is 6.78. The lowest BCUT2D eigenvalue weighted by molar-refractivity contribution is -0.135. The Balaban J connectivity index is 2.58. The molecule has 1 rings (SSSR count). The van der Waals surface area contributed by atoms with Gasteiger partial charge in [-0.05, 0) is 36.8 Å². The van der Waals surface area contributed by atoms with Crippen molar-refractivity contribution in [3.05, 3.63) is 54.1 Å². The van der Waals surface area contributed by atoms with Crippen LogP contribution in [0.1, 0.15) is 12.5 Å². The molecule has 120 valence electrons. The first kappa shape index (κ1) is 18.0. The lowest BCUT2D eigenvalue weighted by atomic mass is 10.1. The molecule has 0 atom stereocenters. The average Bonchev–Trinajstić information content (AvgIpc) is 2.52. The number of amides is 1. The summed E-state index contributed by atoms with van der Waals surface area (Å²) in [7, 11) is 1.23. The number of carbonyl (C=O) groups excluding carboxylic acids is 4. The van der Waals surface area contributed by atoms with Crippen molar-refractivity contribution in [1.82, 2.24) is 0 Å². The number of hydrogen-bond acceptors (Lipinski definition) is 5. The molecule has 0 unspecified atom stereocenters. The van der Waals surface area contributed by atoms with Gasteiger partial charge in [0.1, 0.15) is 0 Å². The van der Waals surface area contributed by atoms with Crippen LogP contribution in [0.3, 0.4) is 0 Å². The van der Waals surface area contributed by atoms with E-state index in [0.29, 0.717) is 5.69 Å². The standard InChI is InChI=1S/C17H17NO5/c1-12(19)3-9-16(21)18-14-6-4-13(5-7-14)11-15(20)8-10-17(22)23-2/h3-10H,11H2,1-2H3,(H,18,21)/b9-3-,10-8+. The van der Waals surface area contributed by atoms with Crippen LogP contribution in [0.15, 0.2) is 48.6 Å². The molecule has 0 aliphatic rings. The highest BCUT2D eigenvalue weighted by atomic mass is 16.5. The summed E-state index contributed by atoms with van der Waals surface area (Å²) in [5.41, 5.74) is 1.28. The molecule has 1 aromatic rings. The largest absolute Gasteiger partial charge is 0.466 e. The zero-order valence-electron chi connectivity index (χ0n) is 12.9. The number of carbonyl (C=O) groups is 4. The third-order valence-corrected chi connectivity index (χ3v) is 2.68. The number of ketones is 2. The van der Waals surface area contributed by atoms with Crippen molar-refractivity contribution in [2.75, 3.05) is 12.4 Å². The van der Waals surface area contributed by atoms with Crippen LogP contribution in [0.4, 0.5) is 5.69 Å². The number of methoxy groups -OCH3 is 1. The molecule has 6 nitrogen and oxygen atoms in total.